The molecule has 0 spiro atoms. The predicted molar refractivity (Wildman–Crippen MR) is 124 cm³/mol. The van der Waals surface area contributed by atoms with Gasteiger partial charge in [-0.3, -0.25) is 9.78 Å². The molecule has 0 saturated carbocycles. The topological polar surface area (TPSA) is 68.5 Å². The maximum atomic E-state index is 13.0. The molecule has 0 atom stereocenters. The number of furan rings is 1. The van der Waals surface area contributed by atoms with E-state index in [1.807, 2.05) is 60.8 Å². The SMILES string of the molecule is Cc1nc(COc2cccc(/C=C/C(=O)N(Cc3cccnc3)Cc3ccco3)c2)cs1. The number of thiazole rings is 1. The van der Waals surface area contributed by atoms with Crippen LogP contribution in [0.2, 0.25) is 0 Å². The Morgan fingerprint density at radius 1 is 1.19 bits per heavy atom. The van der Waals surface area contributed by atoms with Crippen molar-refractivity contribution in [1.82, 2.24) is 14.9 Å². The average molecular weight is 446 g/mol. The minimum atomic E-state index is -0.116. The predicted octanol–water partition coefficient (Wildman–Crippen LogP) is 5.26. The maximum Gasteiger partial charge on any atom is 0.247 e. The number of ether oxygens (including phenoxy) is 1. The molecule has 0 aliphatic carbocycles. The van der Waals surface area contributed by atoms with Gasteiger partial charge in [0.2, 0.25) is 5.91 Å². The molecule has 0 unspecified atom stereocenters. The number of nitrogens with zero attached hydrogens (tertiary/aromatic N) is 3. The number of rotatable bonds is 9. The highest BCUT2D eigenvalue weighted by Crippen LogP contribution is 2.18. The van der Waals surface area contributed by atoms with Gasteiger partial charge in [0.1, 0.15) is 18.1 Å². The number of pyridine rings is 1. The molecule has 0 saturated heterocycles. The first-order valence-corrected chi connectivity index (χ1v) is 11.1. The molecule has 0 aliphatic heterocycles. The van der Waals surface area contributed by atoms with Crippen molar-refractivity contribution < 1.29 is 13.9 Å². The molecule has 4 rings (SSSR count). The van der Waals surface area contributed by atoms with Crippen molar-refractivity contribution in [3.63, 3.8) is 0 Å². The lowest BCUT2D eigenvalue weighted by molar-refractivity contribution is -0.127. The van der Waals surface area contributed by atoms with E-state index in [9.17, 15) is 4.79 Å². The molecule has 0 radical (unpaired) electrons. The Labute approximate surface area is 190 Å². The highest BCUT2D eigenvalue weighted by molar-refractivity contribution is 7.09. The van der Waals surface area contributed by atoms with Crippen LogP contribution in [0.15, 0.2) is 83.1 Å². The molecular weight excluding hydrogens is 422 g/mol. The molecule has 3 aromatic heterocycles. The van der Waals surface area contributed by atoms with Gasteiger partial charge in [0, 0.05) is 30.4 Å². The summed E-state index contributed by atoms with van der Waals surface area (Å²) >= 11 is 1.60. The van der Waals surface area contributed by atoms with Gasteiger partial charge in [-0.15, -0.1) is 11.3 Å². The zero-order valence-electron chi connectivity index (χ0n) is 17.7. The fourth-order valence-electron chi connectivity index (χ4n) is 3.13. The number of aromatic nitrogens is 2. The molecule has 32 heavy (non-hydrogen) atoms. The first kappa shape index (κ1) is 21.5. The molecule has 6 nitrogen and oxygen atoms in total. The van der Waals surface area contributed by atoms with Crippen molar-refractivity contribution in [2.24, 2.45) is 0 Å². The smallest absolute Gasteiger partial charge is 0.247 e. The molecule has 0 fully saturated rings. The molecule has 0 aliphatic rings. The standard InChI is InChI=1S/C25H23N3O3S/c1-19-27-22(18-32-19)17-31-23-7-2-5-20(13-23)9-10-25(29)28(16-24-8-4-12-30-24)15-21-6-3-11-26-14-21/h2-14,18H,15-17H2,1H3/b10-9+. The average Bonchev–Trinajstić information content (AvgIpc) is 3.48. The molecular formula is C25H23N3O3S. The van der Waals surface area contributed by atoms with E-state index in [1.165, 1.54) is 0 Å². The second-order valence-corrected chi connectivity index (χ2v) is 8.25. The number of carbonyl (C=O) groups excluding carboxylic acids is 1. The molecule has 3 heterocycles. The van der Waals surface area contributed by atoms with Crippen LogP contribution in [0.3, 0.4) is 0 Å². The van der Waals surface area contributed by atoms with Crippen LogP contribution in [0.4, 0.5) is 0 Å². The van der Waals surface area contributed by atoms with E-state index in [1.54, 1.807) is 47.0 Å². The highest BCUT2D eigenvalue weighted by Gasteiger charge is 2.14. The van der Waals surface area contributed by atoms with E-state index in [2.05, 4.69) is 9.97 Å². The van der Waals surface area contributed by atoms with Gasteiger partial charge in [0.15, 0.2) is 0 Å². The first-order valence-electron chi connectivity index (χ1n) is 10.2. The van der Waals surface area contributed by atoms with Gasteiger partial charge in [0.05, 0.1) is 23.5 Å². The summed E-state index contributed by atoms with van der Waals surface area (Å²) in [7, 11) is 0. The van der Waals surface area contributed by atoms with Crippen LogP contribution in [-0.2, 0) is 24.5 Å². The monoisotopic (exact) mass is 445 g/mol. The lowest BCUT2D eigenvalue weighted by Crippen LogP contribution is -2.28. The minimum Gasteiger partial charge on any atom is -0.487 e. The third-order valence-electron chi connectivity index (χ3n) is 4.66. The van der Waals surface area contributed by atoms with Crippen molar-refractivity contribution in [3.05, 3.63) is 106 Å². The fraction of sp³-hybridized carbons (Fsp3) is 0.160. The van der Waals surface area contributed by atoms with Gasteiger partial charge < -0.3 is 14.1 Å². The number of aryl methyl sites for hydroxylation is 1. The number of hydrogen-bond acceptors (Lipinski definition) is 6. The van der Waals surface area contributed by atoms with Crippen LogP contribution in [0.25, 0.3) is 6.08 Å². The normalized spacial score (nSPS) is 11.0. The molecule has 0 N–H and O–H groups in total. The van der Waals surface area contributed by atoms with Crippen molar-refractivity contribution in [1.29, 1.82) is 0 Å². The van der Waals surface area contributed by atoms with Gasteiger partial charge >= 0.3 is 0 Å². The summed E-state index contributed by atoms with van der Waals surface area (Å²) in [5.74, 6) is 1.34. The molecule has 162 valence electrons. The van der Waals surface area contributed by atoms with Crippen molar-refractivity contribution in [2.75, 3.05) is 0 Å². The first-order chi connectivity index (χ1) is 15.7. The zero-order valence-corrected chi connectivity index (χ0v) is 18.5. The van der Waals surface area contributed by atoms with Gasteiger partial charge in [-0.25, -0.2) is 4.98 Å². The minimum absolute atomic E-state index is 0.116. The van der Waals surface area contributed by atoms with E-state index in [0.29, 0.717) is 19.7 Å². The maximum absolute atomic E-state index is 13.0. The summed E-state index contributed by atoms with van der Waals surface area (Å²) in [6.45, 7) is 3.20. The Morgan fingerprint density at radius 3 is 2.88 bits per heavy atom. The number of hydrogen-bond donors (Lipinski definition) is 0. The molecule has 1 amide bonds. The Bertz CT molecular complexity index is 1170. The third-order valence-corrected chi connectivity index (χ3v) is 5.49. The Morgan fingerprint density at radius 2 is 2.12 bits per heavy atom. The summed E-state index contributed by atoms with van der Waals surface area (Å²) in [6, 6.07) is 15.1. The summed E-state index contributed by atoms with van der Waals surface area (Å²) in [5.41, 5.74) is 2.74. The van der Waals surface area contributed by atoms with E-state index in [0.717, 1.165) is 33.3 Å². The number of amides is 1. The van der Waals surface area contributed by atoms with Crippen LogP contribution in [0.5, 0.6) is 5.75 Å². The van der Waals surface area contributed by atoms with Crippen LogP contribution < -0.4 is 4.74 Å². The van der Waals surface area contributed by atoms with Gasteiger partial charge in [-0.1, -0.05) is 18.2 Å². The van der Waals surface area contributed by atoms with Gasteiger partial charge in [0.25, 0.3) is 0 Å². The molecule has 1 aromatic carbocycles. The largest absolute Gasteiger partial charge is 0.487 e. The van der Waals surface area contributed by atoms with Crippen LogP contribution in [0, 0.1) is 6.92 Å². The number of benzene rings is 1. The van der Waals surface area contributed by atoms with Crippen LogP contribution in [-0.4, -0.2) is 20.8 Å². The van der Waals surface area contributed by atoms with Crippen LogP contribution >= 0.6 is 11.3 Å². The van der Waals surface area contributed by atoms with Crippen LogP contribution in [0.1, 0.15) is 27.6 Å². The second kappa shape index (κ2) is 10.5. The summed E-state index contributed by atoms with van der Waals surface area (Å²) < 4.78 is 11.3. The molecule has 4 aromatic rings. The fourth-order valence-corrected chi connectivity index (χ4v) is 3.72. The Balaban J connectivity index is 1.43. The van der Waals surface area contributed by atoms with E-state index >= 15 is 0 Å². The second-order valence-electron chi connectivity index (χ2n) is 7.19. The lowest BCUT2D eigenvalue weighted by atomic mass is 10.2. The Hall–Kier alpha value is -3.71. The quantitative estimate of drug-likeness (QED) is 0.329. The van der Waals surface area contributed by atoms with Crippen molar-refractivity contribution >= 4 is 23.3 Å². The summed E-state index contributed by atoms with van der Waals surface area (Å²) in [6.07, 6.45) is 8.45. The van der Waals surface area contributed by atoms with Crippen molar-refractivity contribution in [3.8, 4) is 5.75 Å². The molecule has 7 heteroatoms. The molecule has 0 bridgehead atoms. The number of carbonyl (C=O) groups is 1. The third kappa shape index (κ3) is 6.15. The van der Waals surface area contributed by atoms with Gasteiger partial charge in [-0.05, 0) is 54.5 Å². The zero-order chi connectivity index (χ0) is 22.2. The van der Waals surface area contributed by atoms with Crippen molar-refractivity contribution in [2.45, 2.75) is 26.6 Å². The Kier molecular flexibility index (Phi) is 7.09. The van der Waals surface area contributed by atoms with E-state index in [-0.39, 0.29) is 5.91 Å². The van der Waals surface area contributed by atoms with E-state index in [4.69, 9.17) is 9.15 Å². The lowest BCUT2D eigenvalue weighted by Gasteiger charge is -2.20. The van der Waals surface area contributed by atoms with E-state index < -0.39 is 0 Å². The summed E-state index contributed by atoms with van der Waals surface area (Å²) in [4.78, 5) is 23.3. The van der Waals surface area contributed by atoms with Gasteiger partial charge in [-0.2, -0.15) is 0 Å². The highest BCUT2D eigenvalue weighted by atomic mass is 32.1. The summed E-state index contributed by atoms with van der Waals surface area (Å²) in [5, 5.41) is 3.01.